The zero-order valence-electron chi connectivity index (χ0n) is 14.7. The molecule has 2 aromatic heterocycles. The van der Waals surface area contributed by atoms with Crippen LogP contribution in [-0.4, -0.2) is 36.6 Å². The number of benzene rings is 2. The number of carbonyl (C=O) groups is 1. The zero-order chi connectivity index (χ0) is 18.2. The van der Waals surface area contributed by atoms with E-state index in [-0.39, 0.29) is 5.91 Å². The van der Waals surface area contributed by atoms with Crippen molar-refractivity contribution in [3.05, 3.63) is 78.5 Å². The van der Waals surface area contributed by atoms with Gasteiger partial charge in [-0.05, 0) is 60.2 Å². The van der Waals surface area contributed by atoms with Crippen molar-refractivity contribution in [2.75, 3.05) is 0 Å². The number of aromatic nitrogens is 4. The average Bonchev–Trinajstić information content (AvgIpc) is 3.19. The van der Waals surface area contributed by atoms with Gasteiger partial charge in [-0.15, -0.1) is 10.2 Å². The van der Waals surface area contributed by atoms with E-state index < -0.39 is 0 Å². The Hall–Kier alpha value is -3.41. The highest BCUT2D eigenvalue weighted by molar-refractivity contribution is 5.95. The molecule has 134 valence electrons. The summed E-state index contributed by atoms with van der Waals surface area (Å²) in [6.45, 7) is 0.626. The third-order valence-electron chi connectivity index (χ3n) is 5.03. The summed E-state index contributed by atoms with van der Waals surface area (Å²) in [6, 6.07) is 16.3. The molecule has 2 heterocycles. The fourth-order valence-corrected chi connectivity index (χ4v) is 3.45. The maximum Gasteiger partial charge on any atom is 0.254 e. The topological polar surface area (TPSA) is 66.8 Å². The lowest BCUT2D eigenvalue weighted by Gasteiger charge is -2.23. The van der Waals surface area contributed by atoms with Crippen LogP contribution >= 0.6 is 0 Å². The van der Waals surface area contributed by atoms with Crippen LogP contribution in [-0.2, 0) is 6.54 Å². The van der Waals surface area contributed by atoms with Gasteiger partial charge in [-0.3, -0.25) is 9.36 Å². The van der Waals surface area contributed by atoms with Gasteiger partial charge >= 0.3 is 0 Å². The van der Waals surface area contributed by atoms with Gasteiger partial charge < -0.3 is 9.88 Å². The first kappa shape index (κ1) is 15.8. The average molecular weight is 357 g/mol. The molecule has 1 saturated carbocycles. The Morgan fingerprint density at radius 1 is 1.11 bits per heavy atom. The van der Waals surface area contributed by atoms with Crippen molar-refractivity contribution in [2.24, 2.45) is 0 Å². The van der Waals surface area contributed by atoms with E-state index in [1.807, 2.05) is 35.4 Å². The largest absolute Gasteiger partial charge is 0.361 e. The number of nitrogens with one attached hydrogen (secondary N) is 1. The van der Waals surface area contributed by atoms with Gasteiger partial charge in [0, 0.05) is 35.6 Å². The van der Waals surface area contributed by atoms with E-state index in [1.54, 1.807) is 17.2 Å². The van der Waals surface area contributed by atoms with E-state index in [0.717, 1.165) is 29.6 Å². The molecule has 0 atom stereocenters. The molecule has 1 fully saturated rings. The molecule has 0 unspecified atom stereocenters. The van der Waals surface area contributed by atoms with Gasteiger partial charge in [0.1, 0.15) is 12.7 Å². The summed E-state index contributed by atoms with van der Waals surface area (Å²) < 4.78 is 1.80. The van der Waals surface area contributed by atoms with Crippen LogP contribution in [0.4, 0.5) is 0 Å². The van der Waals surface area contributed by atoms with Crippen LogP contribution < -0.4 is 0 Å². The SMILES string of the molecule is O=C(c1cccc(-n2cnnc2)c1)N(Cc1ccc2[nH]ccc2c1)C1CC1. The molecular formula is C21H19N5O. The Bertz CT molecular complexity index is 1090. The van der Waals surface area contributed by atoms with Gasteiger partial charge in [-0.2, -0.15) is 0 Å². The monoisotopic (exact) mass is 357 g/mol. The second-order valence-corrected chi connectivity index (χ2v) is 6.98. The van der Waals surface area contributed by atoms with Crippen LogP contribution in [0.5, 0.6) is 0 Å². The van der Waals surface area contributed by atoms with Crippen LogP contribution in [0.25, 0.3) is 16.6 Å². The van der Waals surface area contributed by atoms with Gasteiger partial charge in [0.05, 0.1) is 0 Å². The normalized spacial score (nSPS) is 13.8. The summed E-state index contributed by atoms with van der Waals surface area (Å²) in [5.74, 6) is 0.0709. The first-order chi connectivity index (χ1) is 13.3. The first-order valence-corrected chi connectivity index (χ1v) is 9.10. The molecule has 4 aromatic rings. The number of nitrogens with zero attached hydrogens (tertiary/aromatic N) is 4. The molecule has 5 rings (SSSR count). The molecule has 1 N–H and O–H groups in total. The lowest BCUT2D eigenvalue weighted by molar-refractivity contribution is 0.0730. The van der Waals surface area contributed by atoms with Gasteiger partial charge in [-0.25, -0.2) is 0 Å². The molecule has 0 aliphatic heterocycles. The van der Waals surface area contributed by atoms with Crippen molar-refractivity contribution in [3.8, 4) is 5.69 Å². The fraction of sp³-hybridized carbons (Fsp3) is 0.190. The highest BCUT2D eigenvalue weighted by Crippen LogP contribution is 2.30. The highest BCUT2D eigenvalue weighted by atomic mass is 16.2. The van der Waals surface area contributed by atoms with Crippen molar-refractivity contribution in [3.63, 3.8) is 0 Å². The van der Waals surface area contributed by atoms with Crippen molar-refractivity contribution in [1.29, 1.82) is 0 Å². The van der Waals surface area contributed by atoms with E-state index >= 15 is 0 Å². The molecule has 0 saturated heterocycles. The number of amides is 1. The maximum absolute atomic E-state index is 13.2. The predicted octanol–water partition coefficient (Wildman–Crippen LogP) is 3.55. The second-order valence-electron chi connectivity index (χ2n) is 6.98. The third-order valence-corrected chi connectivity index (χ3v) is 5.03. The predicted molar refractivity (Wildman–Crippen MR) is 103 cm³/mol. The number of H-pyrrole nitrogens is 1. The number of rotatable bonds is 5. The highest BCUT2D eigenvalue weighted by Gasteiger charge is 2.33. The number of fused-ring (bicyclic) bond motifs is 1. The summed E-state index contributed by atoms with van der Waals surface area (Å²) >= 11 is 0. The summed E-state index contributed by atoms with van der Waals surface area (Å²) in [4.78, 5) is 18.5. The zero-order valence-corrected chi connectivity index (χ0v) is 14.7. The minimum atomic E-state index is 0.0709. The van der Waals surface area contributed by atoms with Gasteiger partial charge in [0.2, 0.25) is 0 Å². The van der Waals surface area contributed by atoms with Gasteiger partial charge in [0.25, 0.3) is 5.91 Å². The molecule has 0 radical (unpaired) electrons. The minimum absolute atomic E-state index is 0.0709. The minimum Gasteiger partial charge on any atom is -0.361 e. The third kappa shape index (κ3) is 3.10. The summed E-state index contributed by atoms with van der Waals surface area (Å²) in [5.41, 5.74) is 3.84. The lowest BCUT2D eigenvalue weighted by Crippen LogP contribution is -2.32. The number of hydrogen-bond acceptors (Lipinski definition) is 3. The van der Waals surface area contributed by atoms with Gasteiger partial charge in [0.15, 0.2) is 0 Å². The smallest absolute Gasteiger partial charge is 0.254 e. The summed E-state index contributed by atoms with van der Waals surface area (Å²) in [6.07, 6.45) is 7.35. The van der Waals surface area contributed by atoms with Gasteiger partial charge in [-0.1, -0.05) is 12.1 Å². The number of hydrogen-bond donors (Lipinski definition) is 1. The Balaban J connectivity index is 1.43. The molecule has 1 amide bonds. The molecular weight excluding hydrogens is 338 g/mol. The van der Waals surface area contributed by atoms with Crippen LogP contribution in [0.1, 0.15) is 28.8 Å². The standard InChI is InChI=1S/C21H19N5O/c27-21(17-2-1-3-19(11-17)25-13-23-24-14-25)26(18-5-6-18)12-15-4-7-20-16(10-15)8-9-22-20/h1-4,7-11,13-14,18,22H,5-6,12H2. The van der Waals surface area contributed by atoms with Crippen LogP contribution in [0.3, 0.4) is 0 Å². The van der Waals surface area contributed by atoms with Crippen molar-refractivity contribution < 1.29 is 4.79 Å². The molecule has 2 aromatic carbocycles. The summed E-state index contributed by atoms with van der Waals surface area (Å²) in [7, 11) is 0. The lowest BCUT2D eigenvalue weighted by atomic mass is 10.1. The first-order valence-electron chi connectivity index (χ1n) is 9.10. The van der Waals surface area contributed by atoms with E-state index in [0.29, 0.717) is 18.2 Å². The maximum atomic E-state index is 13.2. The van der Waals surface area contributed by atoms with Crippen molar-refractivity contribution in [2.45, 2.75) is 25.4 Å². The Morgan fingerprint density at radius 2 is 1.96 bits per heavy atom. The number of aromatic amines is 1. The van der Waals surface area contributed by atoms with E-state index in [1.165, 1.54) is 5.39 Å². The quantitative estimate of drug-likeness (QED) is 0.594. The van der Waals surface area contributed by atoms with E-state index in [2.05, 4.69) is 39.4 Å². The van der Waals surface area contributed by atoms with E-state index in [4.69, 9.17) is 0 Å². The number of carbonyl (C=O) groups excluding carboxylic acids is 1. The van der Waals surface area contributed by atoms with Crippen LogP contribution in [0, 0.1) is 0 Å². The summed E-state index contributed by atoms with van der Waals surface area (Å²) in [5, 5.41) is 8.85. The molecule has 27 heavy (non-hydrogen) atoms. The Labute approximate surface area is 156 Å². The molecule has 6 heteroatoms. The molecule has 0 spiro atoms. The molecule has 1 aliphatic carbocycles. The Morgan fingerprint density at radius 3 is 2.78 bits per heavy atom. The van der Waals surface area contributed by atoms with E-state index in [9.17, 15) is 4.79 Å². The van der Waals surface area contributed by atoms with Crippen LogP contribution in [0.2, 0.25) is 0 Å². The van der Waals surface area contributed by atoms with Crippen molar-refractivity contribution >= 4 is 16.8 Å². The Kier molecular flexibility index (Phi) is 3.74. The molecule has 6 nitrogen and oxygen atoms in total. The second kappa shape index (κ2) is 6.39. The van der Waals surface area contributed by atoms with Crippen molar-refractivity contribution in [1.82, 2.24) is 24.6 Å². The van der Waals surface area contributed by atoms with Crippen LogP contribution in [0.15, 0.2) is 67.4 Å². The molecule has 1 aliphatic rings. The fourth-order valence-electron chi connectivity index (χ4n) is 3.45. The molecule has 0 bridgehead atoms.